The van der Waals surface area contributed by atoms with Gasteiger partial charge >= 0.3 is 0 Å². The maximum Gasteiger partial charge on any atom is 0.300 e. The third kappa shape index (κ3) is 5.33. The lowest BCUT2D eigenvalue weighted by Gasteiger charge is -2.27. The van der Waals surface area contributed by atoms with E-state index < -0.39 is 17.7 Å². The number of carbonyl (C=O) groups is 2. The second-order valence-electron chi connectivity index (χ2n) is 11.1. The fourth-order valence-electron chi connectivity index (χ4n) is 5.11. The van der Waals surface area contributed by atoms with Crippen LogP contribution in [0.15, 0.2) is 103 Å². The van der Waals surface area contributed by atoms with Crippen molar-refractivity contribution in [2.45, 2.75) is 39.2 Å². The van der Waals surface area contributed by atoms with Crippen molar-refractivity contribution in [3.05, 3.63) is 125 Å². The summed E-state index contributed by atoms with van der Waals surface area (Å²) in [7, 11) is 1.51. The largest absolute Gasteiger partial charge is 0.507 e. The SMILES string of the molecule is COc1ccc(C(C)(C)C)cc1/C(O)=C1\C(=O)C(=O)N(c2ccccc2C)C1c1cccc(Oc2ccccc2)c1. The van der Waals surface area contributed by atoms with E-state index in [1.54, 1.807) is 18.2 Å². The number of ether oxygens (including phenoxy) is 2. The molecule has 0 radical (unpaired) electrons. The minimum atomic E-state index is -0.904. The smallest absolute Gasteiger partial charge is 0.300 e. The fourth-order valence-corrected chi connectivity index (χ4v) is 5.11. The van der Waals surface area contributed by atoms with Crippen molar-refractivity contribution >= 4 is 23.1 Å². The average molecular weight is 548 g/mol. The molecule has 1 unspecified atom stereocenters. The zero-order valence-electron chi connectivity index (χ0n) is 23.8. The van der Waals surface area contributed by atoms with Gasteiger partial charge in [0.05, 0.1) is 24.3 Å². The number of hydrogen-bond acceptors (Lipinski definition) is 5. The fraction of sp³-hybridized carbons (Fsp3) is 0.200. The molecule has 4 aromatic rings. The van der Waals surface area contributed by atoms with Crippen LogP contribution in [0.3, 0.4) is 0 Å². The van der Waals surface area contributed by atoms with E-state index in [1.807, 2.05) is 85.8 Å². The molecule has 0 aromatic heterocycles. The van der Waals surface area contributed by atoms with Crippen LogP contribution in [0.5, 0.6) is 17.2 Å². The second-order valence-corrected chi connectivity index (χ2v) is 11.1. The molecule has 6 heteroatoms. The Hall–Kier alpha value is -4.84. The van der Waals surface area contributed by atoms with E-state index in [0.29, 0.717) is 34.1 Å². The molecule has 0 saturated carbocycles. The molecule has 208 valence electrons. The van der Waals surface area contributed by atoms with Crippen molar-refractivity contribution in [3.8, 4) is 17.2 Å². The number of ketones is 1. The van der Waals surface area contributed by atoms with Crippen molar-refractivity contribution in [2.75, 3.05) is 12.0 Å². The van der Waals surface area contributed by atoms with Crippen LogP contribution in [0.1, 0.15) is 49.1 Å². The van der Waals surface area contributed by atoms with Crippen LogP contribution in [0.25, 0.3) is 5.76 Å². The summed E-state index contributed by atoms with van der Waals surface area (Å²) in [6.07, 6.45) is 0. The standard InChI is InChI=1S/C35H33NO5/c1-22-12-9-10-17-28(22)36-31(23-13-11-16-26(20-23)41-25-14-7-6-8-15-25)30(33(38)34(36)39)32(37)27-21-24(35(2,3)4)18-19-29(27)40-5/h6-21,31,37H,1-5H3/b32-30+. The van der Waals surface area contributed by atoms with Crippen molar-refractivity contribution in [1.29, 1.82) is 0 Å². The topological polar surface area (TPSA) is 76.1 Å². The lowest BCUT2D eigenvalue weighted by Crippen LogP contribution is -2.30. The van der Waals surface area contributed by atoms with E-state index in [1.165, 1.54) is 12.0 Å². The van der Waals surface area contributed by atoms with Crippen LogP contribution in [0.4, 0.5) is 5.69 Å². The van der Waals surface area contributed by atoms with Gasteiger partial charge in [0, 0.05) is 5.69 Å². The molecule has 1 fully saturated rings. The molecule has 5 rings (SSSR count). The molecule has 1 heterocycles. The van der Waals surface area contributed by atoms with Crippen LogP contribution in [-0.2, 0) is 15.0 Å². The number of rotatable bonds is 6. The number of nitrogens with zero attached hydrogens (tertiary/aromatic N) is 1. The van der Waals surface area contributed by atoms with E-state index in [9.17, 15) is 14.7 Å². The highest BCUT2D eigenvalue weighted by atomic mass is 16.5. The Kier molecular flexibility index (Phi) is 7.41. The number of aliphatic hydroxyl groups is 1. The number of carbonyl (C=O) groups excluding carboxylic acids is 2. The Morgan fingerprint density at radius 2 is 1.51 bits per heavy atom. The van der Waals surface area contributed by atoms with E-state index >= 15 is 0 Å². The molecule has 6 nitrogen and oxygen atoms in total. The molecule has 1 N–H and O–H groups in total. The van der Waals surface area contributed by atoms with Gasteiger partial charge in [-0.2, -0.15) is 0 Å². The summed E-state index contributed by atoms with van der Waals surface area (Å²) in [6, 6.07) is 28.6. The Morgan fingerprint density at radius 3 is 2.20 bits per heavy atom. The van der Waals surface area contributed by atoms with E-state index in [-0.39, 0.29) is 16.7 Å². The first-order valence-corrected chi connectivity index (χ1v) is 13.5. The summed E-state index contributed by atoms with van der Waals surface area (Å²) in [5.74, 6) is -0.184. The van der Waals surface area contributed by atoms with Crippen molar-refractivity contribution < 1.29 is 24.2 Å². The Bertz CT molecular complexity index is 1650. The van der Waals surface area contributed by atoms with Crippen molar-refractivity contribution in [3.63, 3.8) is 0 Å². The Balaban J connectivity index is 1.73. The predicted octanol–water partition coefficient (Wildman–Crippen LogP) is 7.72. The molecule has 1 aliphatic heterocycles. The van der Waals surface area contributed by atoms with Crippen LogP contribution in [-0.4, -0.2) is 23.9 Å². The van der Waals surface area contributed by atoms with Gasteiger partial charge < -0.3 is 14.6 Å². The minimum Gasteiger partial charge on any atom is -0.507 e. The second kappa shape index (κ2) is 11.0. The maximum atomic E-state index is 13.8. The lowest BCUT2D eigenvalue weighted by atomic mass is 9.85. The van der Waals surface area contributed by atoms with Gasteiger partial charge in [-0.25, -0.2) is 0 Å². The average Bonchev–Trinajstić information content (AvgIpc) is 3.22. The van der Waals surface area contributed by atoms with Gasteiger partial charge in [-0.05, 0) is 71.5 Å². The van der Waals surface area contributed by atoms with Gasteiger partial charge in [0.1, 0.15) is 23.0 Å². The molecular weight excluding hydrogens is 514 g/mol. The summed E-state index contributed by atoms with van der Waals surface area (Å²) in [6.45, 7) is 8.08. The monoisotopic (exact) mass is 547 g/mol. The van der Waals surface area contributed by atoms with Gasteiger partial charge in [0.15, 0.2) is 0 Å². The van der Waals surface area contributed by atoms with Gasteiger partial charge in [0.25, 0.3) is 11.7 Å². The quantitative estimate of drug-likeness (QED) is 0.152. The lowest BCUT2D eigenvalue weighted by molar-refractivity contribution is -0.132. The third-order valence-electron chi connectivity index (χ3n) is 7.29. The van der Waals surface area contributed by atoms with Crippen LogP contribution in [0.2, 0.25) is 0 Å². The number of aryl methyl sites for hydroxylation is 1. The molecule has 0 bridgehead atoms. The van der Waals surface area contributed by atoms with E-state index in [0.717, 1.165) is 11.1 Å². The van der Waals surface area contributed by atoms with Gasteiger partial charge in [-0.15, -0.1) is 0 Å². The number of anilines is 1. The number of para-hydroxylation sites is 2. The van der Waals surface area contributed by atoms with Gasteiger partial charge in [0.2, 0.25) is 0 Å². The summed E-state index contributed by atoms with van der Waals surface area (Å²) < 4.78 is 11.7. The molecule has 1 saturated heterocycles. The normalized spacial score (nSPS) is 16.6. The first kappa shape index (κ1) is 27.7. The summed E-state index contributed by atoms with van der Waals surface area (Å²) >= 11 is 0. The summed E-state index contributed by atoms with van der Waals surface area (Å²) in [5, 5.41) is 11.8. The Morgan fingerprint density at radius 1 is 0.829 bits per heavy atom. The number of methoxy groups -OCH3 is 1. The minimum absolute atomic E-state index is 0.0144. The number of benzene rings is 4. The highest BCUT2D eigenvalue weighted by Gasteiger charge is 2.47. The van der Waals surface area contributed by atoms with Gasteiger partial charge in [-0.3, -0.25) is 14.5 Å². The van der Waals surface area contributed by atoms with E-state index in [4.69, 9.17) is 9.47 Å². The molecule has 0 spiro atoms. The highest BCUT2D eigenvalue weighted by molar-refractivity contribution is 6.51. The van der Waals surface area contributed by atoms with Crippen molar-refractivity contribution in [1.82, 2.24) is 0 Å². The predicted molar refractivity (Wildman–Crippen MR) is 161 cm³/mol. The molecule has 1 aliphatic rings. The first-order chi connectivity index (χ1) is 19.6. The van der Waals surface area contributed by atoms with Crippen LogP contribution in [0, 0.1) is 6.92 Å². The zero-order valence-corrected chi connectivity index (χ0v) is 23.8. The van der Waals surface area contributed by atoms with E-state index in [2.05, 4.69) is 20.8 Å². The summed E-state index contributed by atoms with van der Waals surface area (Å²) in [4.78, 5) is 29.0. The number of hydrogen-bond donors (Lipinski definition) is 1. The Labute approximate surface area is 240 Å². The molecule has 1 atom stereocenters. The highest BCUT2D eigenvalue weighted by Crippen LogP contribution is 2.45. The van der Waals surface area contributed by atoms with Crippen molar-refractivity contribution in [2.24, 2.45) is 0 Å². The zero-order chi connectivity index (χ0) is 29.3. The number of amides is 1. The number of Topliss-reactive ketones (excluding diaryl/α,β-unsaturated/α-hetero) is 1. The van der Waals surface area contributed by atoms with Crippen LogP contribution < -0.4 is 14.4 Å². The third-order valence-corrected chi connectivity index (χ3v) is 7.29. The molecular formula is C35H33NO5. The molecule has 4 aromatic carbocycles. The maximum absolute atomic E-state index is 13.8. The van der Waals surface area contributed by atoms with Gasteiger partial charge in [-0.1, -0.05) is 75.4 Å². The molecule has 41 heavy (non-hydrogen) atoms. The summed E-state index contributed by atoms with van der Waals surface area (Å²) in [5.41, 5.74) is 3.09. The first-order valence-electron chi connectivity index (χ1n) is 13.5. The number of aliphatic hydroxyl groups excluding tert-OH is 1. The van der Waals surface area contributed by atoms with Crippen LogP contribution >= 0.6 is 0 Å². The molecule has 1 amide bonds. The molecule has 0 aliphatic carbocycles.